The zero-order chi connectivity index (χ0) is 20.1. The molecule has 1 aliphatic carbocycles. The quantitative estimate of drug-likeness (QED) is 0.766. The second kappa shape index (κ2) is 6.51. The molecule has 0 unspecified atom stereocenters. The summed E-state index contributed by atoms with van der Waals surface area (Å²) in [6.07, 6.45) is 1.13. The lowest BCUT2D eigenvalue weighted by molar-refractivity contribution is -0.118. The summed E-state index contributed by atoms with van der Waals surface area (Å²) in [7, 11) is 0. The molecule has 5 heteroatoms. The van der Waals surface area contributed by atoms with Gasteiger partial charge in [-0.3, -0.25) is 14.5 Å². The summed E-state index contributed by atoms with van der Waals surface area (Å²) in [5, 5.41) is 13.5. The predicted molar refractivity (Wildman–Crippen MR) is 109 cm³/mol. The highest BCUT2D eigenvalue weighted by Crippen LogP contribution is 2.48. The molecule has 1 heterocycles. The van der Waals surface area contributed by atoms with Crippen molar-refractivity contribution in [1.82, 2.24) is 0 Å². The zero-order valence-electron chi connectivity index (χ0n) is 16.3. The Bertz CT molecular complexity index is 1010. The predicted octanol–water partition coefficient (Wildman–Crippen LogP) is 4.56. The minimum Gasteiger partial charge on any atom is -0.508 e. The molecule has 5 nitrogen and oxygen atoms in total. The number of benzene rings is 2. The number of phenols is 1. The lowest BCUT2D eigenvalue weighted by Crippen LogP contribution is -2.38. The SMILES string of the molecule is CC(=O)N1c2ccccc2NC2=C(C(=O)CC(C)(C)C2)[C@H]1c1cccc(O)c1. The van der Waals surface area contributed by atoms with E-state index in [1.807, 2.05) is 30.3 Å². The maximum atomic E-state index is 13.3. The van der Waals surface area contributed by atoms with Crippen LogP contribution in [0.25, 0.3) is 0 Å². The fraction of sp³-hybridized carbons (Fsp3) is 0.304. The number of anilines is 2. The van der Waals surface area contributed by atoms with E-state index in [0.29, 0.717) is 24.0 Å². The van der Waals surface area contributed by atoms with Crippen molar-refractivity contribution in [2.24, 2.45) is 5.41 Å². The summed E-state index contributed by atoms with van der Waals surface area (Å²) in [6, 6.07) is 13.8. The lowest BCUT2D eigenvalue weighted by atomic mass is 9.73. The van der Waals surface area contributed by atoms with E-state index in [2.05, 4.69) is 19.2 Å². The summed E-state index contributed by atoms with van der Waals surface area (Å²) < 4.78 is 0. The van der Waals surface area contributed by atoms with E-state index in [4.69, 9.17) is 0 Å². The van der Waals surface area contributed by atoms with Gasteiger partial charge >= 0.3 is 0 Å². The van der Waals surface area contributed by atoms with Gasteiger partial charge in [-0.15, -0.1) is 0 Å². The Balaban J connectivity index is 2.02. The normalized spacial score (nSPS) is 20.8. The van der Waals surface area contributed by atoms with Gasteiger partial charge in [0.1, 0.15) is 5.75 Å². The van der Waals surface area contributed by atoms with Crippen molar-refractivity contribution >= 4 is 23.1 Å². The van der Waals surface area contributed by atoms with Crippen LogP contribution in [0.15, 0.2) is 59.8 Å². The number of ketones is 1. The minimum atomic E-state index is -0.584. The number of para-hydroxylation sites is 2. The number of carbonyl (C=O) groups is 2. The number of hydrogen-bond acceptors (Lipinski definition) is 4. The van der Waals surface area contributed by atoms with Crippen molar-refractivity contribution in [3.63, 3.8) is 0 Å². The van der Waals surface area contributed by atoms with Crippen LogP contribution in [-0.4, -0.2) is 16.8 Å². The highest BCUT2D eigenvalue weighted by atomic mass is 16.3. The number of rotatable bonds is 1. The number of phenolic OH excluding ortho intramolecular Hbond substituents is 1. The van der Waals surface area contributed by atoms with Crippen LogP contribution in [0, 0.1) is 5.41 Å². The topological polar surface area (TPSA) is 69.6 Å². The van der Waals surface area contributed by atoms with Crippen molar-refractivity contribution in [3.05, 3.63) is 65.4 Å². The number of nitrogens with one attached hydrogen (secondary N) is 1. The van der Waals surface area contributed by atoms with Crippen LogP contribution in [0.3, 0.4) is 0 Å². The van der Waals surface area contributed by atoms with Crippen LogP contribution in [-0.2, 0) is 9.59 Å². The third-order valence-electron chi connectivity index (χ3n) is 5.43. The third-order valence-corrected chi connectivity index (χ3v) is 5.43. The first kappa shape index (κ1) is 18.3. The molecule has 0 aromatic heterocycles. The lowest BCUT2D eigenvalue weighted by Gasteiger charge is -2.36. The van der Waals surface area contributed by atoms with Crippen molar-refractivity contribution < 1.29 is 14.7 Å². The maximum absolute atomic E-state index is 13.3. The van der Waals surface area contributed by atoms with Gasteiger partial charge in [0, 0.05) is 24.6 Å². The third kappa shape index (κ3) is 3.07. The standard InChI is InChI=1S/C23H24N2O3/c1-14(26)25-19-10-5-4-9-17(19)24-18-12-23(2,3)13-20(28)21(18)22(25)15-7-6-8-16(27)11-15/h4-11,22,24,27H,12-13H2,1-3H3/t22-/m1/s1. The molecule has 0 bridgehead atoms. The smallest absolute Gasteiger partial charge is 0.224 e. The molecule has 2 N–H and O–H groups in total. The average Bonchev–Trinajstić information content (AvgIpc) is 2.74. The van der Waals surface area contributed by atoms with Crippen LogP contribution in [0.4, 0.5) is 11.4 Å². The van der Waals surface area contributed by atoms with E-state index < -0.39 is 6.04 Å². The van der Waals surface area contributed by atoms with Gasteiger partial charge in [-0.25, -0.2) is 0 Å². The number of carbonyl (C=O) groups excluding carboxylic acids is 2. The molecule has 0 radical (unpaired) electrons. The maximum Gasteiger partial charge on any atom is 0.224 e. The number of allylic oxidation sites excluding steroid dienone is 1. The Morgan fingerprint density at radius 3 is 2.61 bits per heavy atom. The van der Waals surface area contributed by atoms with Gasteiger partial charge in [0.15, 0.2) is 5.78 Å². The molecule has 1 aliphatic heterocycles. The van der Waals surface area contributed by atoms with Crippen molar-refractivity contribution in [3.8, 4) is 5.75 Å². The van der Waals surface area contributed by atoms with Crippen LogP contribution in [0.5, 0.6) is 5.75 Å². The molecule has 2 aliphatic rings. The fourth-order valence-electron chi connectivity index (χ4n) is 4.35. The van der Waals surface area contributed by atoms with Gasteiger partial charge < -0.3 is 10.4 Å². The van der Waals surface area contributed by atoms with E-state index in [1.165, 1.54) is 6.92 Å². The molecule has 0 saturated carbocycles. The van der Waals surface area contributed by atoms with Crippen LogP contribution < -0.4 is 10.2 Å². The average molecular weight is 376 g/mol. The monoisotopic (exact) mass is 376 g/mol. The van der Waals surface area contributed by atoms with E-state index in [-0.39, 0.29) is 22.9 Å². The summed E-state index contributed by atoms with van der Waals surface area (Å²) >= 11 is 0. The Morgan fingerprint density at radius 1 is 1.14 bits per heavy atom. The van der Waals surface area contributed by atoms with E-state index >= 15 is 0 Å². The number of Topliss-reactive ketones (excluding diaryl/α,β-unsaturated/α-hetero) is 1. The molecule has 2 aromatic carbocycles. The van der Waals surface area contributed by atoms with Crippen LogP contribution in [0.1, 0.15) is 45.2 Å². The fourth-order valence-corrected chi connectivity index (χ4v) is 4.35. The van der Waals surface area contributed by atoms with Gasteiger partial charge in [-0.2, -0.15) is 0 Å². The largest absolute Gasteiger partial charge is 0.508 e. The number of nitrogens with zero attached hydrogens (tertiary/aromatic N) is 1. The van der Waals surface area contributed by atoms with E-state index in [0.717, 1.165) is 17.1 Å². The molecule has 144 valence electrons. The van der Waals surface area contributed by atoms with Crippen molar-refractivity contribution in [1.29, 1.82) is 0 Å². The molecule has 0 fully saturated rings. The van der Waals surface area contributed by atoms with E-state index in [9.17, 15) is 14.7 Å². The Hall–Kier alpha value is -3.08. The zero-order valence-corrected chi connectivity index (χ0v) is 16.3. The molecule has 0 spiro atoms. The van der Waals surface area contributed by atoms with Gasteiger partial charge in [-0.1, -0.05) is 38.1 Å². The highest BCUT2D eigenvalue weighted by Gasteiger charge is 2.42. The molecule has 1 atom stereocenters. The summed E-state index contributed by atoms with van der Waals surface area (Å²) in [6.45, 7) is 5.67. The molecular weight excluding hydrogens is 352 g/mol. The second-order valence-electron chi connectivity index (χ2n) is 8.36. The molecule has 0 saturated heterocycles. The van der Waals surface area contributed by atoms with Gasteiger partial charge in [0.05, 0.1) is 17.4 Å². The number of fused-ring (bicyclic) bond motifs is 1. The summed E-state index contributed by atoms with van der Waals surface area (Å²) in [4.78, 5) is 27.7. The minimum absolute atomic E-state index is 0.0335. The second-order valence-corrected chi connectivity index (χ2v) is 8.36. The van der Waals surface area contributed by atoms with Crippen molar-refractivity contribution in [2.45, 2.75) is 39.7 Å². The number of hydrogen-bond donors (Lipinski definition) is 2. The number of aromatic hydroxyl groups is 1. The van der Waals surface area contributed by atoms with E-state index in [1.54, 1.807) is 23.1 Å². The van der Waals surface area contributed by atoms with Crippen molar-refractivity contribution in [2.75, 3.05) is 10.2 Å². The molecule has 28 heavy (non-hydrogen) atoms. The first-order valence-electron chi connectivity index (χ1n) is 9.48. The first-order chi connectivity index (χ1) is 13.3. The Kier molecular flexibility index (Phi) is 4.26. The first-order valence-corrected chi connectivity index (χ1v) is 9.48. The molecule has 2 aromatic rings. The van der Waals surface area contributed by atoms with Gasteiger partial charge in [0.2, 0.25) is 5.91 Å². The van der Waals surface area contributed by atoms with Crippen LogP contribution in [0.2, 0.25) is 0 Å². The molecule has 1 amide bonds. The number of amides is 1. The van der Waals surface area contributed by atoms with Crippen LogP contribution >= 0.6 is 0 Å². The molecule has 4 rings (SSSR count). The summed E-state index contributed by atoms with van der Waals surface area (Å²) in [5.41, 5.74) is 3.55. The Morgan fingerprint density at radius 2 is 1.89 bits per heavy atom. The summed E-state index contributed by atoms with van der Waals surface area (Å²) in [5.74, 6) is -0.0163. The van der Waals surface area contributed by atoms with Gasteiger partial charge in [-0.05, 0) is 41.7 Å². The molecular formula is C23H24N2O3. The highest BCUT2D eigenvalue weighted by molar-refractivity contribution is 6.05. The Labute approximate surface area is 164 Å². The van der Waals surface area contributed by atoms with Gasteiger partial charge in [0.25, 0.3) is 0 Å².